The Balaban J connectivity index is 1.65. The number of carbonyl (C=O) groups is 2. The second kappa shape index (κ2) is 7.48. The fourth-order valence-corrected chi connectivity index (χ4v) is 2.63. The van der Waals surface area contributed by atoms with E-state index in [1.54, 1.807) is 41.3 Å². The van der Waals surface area contributed by atoms with Crippen molar-refractivity contribution in [3.63, 3.8) is 0 Å². The molecule has 2 heterocycles. The van der Waals surface area contributed by atoms with E-state index >= 15 is 0 Å². The zero-order chi connectivity index (χ0) is 17.8. The van der Waals surface area contributed by atoms with Gasteiger partial charge in [-0.25, -0.2) is 0 Å². The molecule has 0 aliphatic carbocycles. The molecule has 1 unspecified atom stereocenters. The van der Waals surface area contributed by atoms with Gasteiger partial charge >= 0.3 is 0 Å². The van der Waals surface area contributed by atoms with Gasteiger partial charge in [0.25, 0.3) is 11.8 Å². The molecule has 3 rings (SSSR count). The highest BCUT2D eigenvalue weighted by molar-refractivity contribution is 6.05. The lowest BCUT2D eigenvalue weighted by Crippen LogP contribution is -2.27. The van der Waals surface area contributed by atoms with E-state index in [1.165, 1.54) is 0 Å². The number of aromatic nitrogens is 2. The van der Waals surface area contributed by atoms with Gasteiger partial charge in [0, 0.05) is 30.1 Å². The number of amides is 2. The van der Waals surface area contributed by atoms with Crippen molar-refractivity contribution in [2.75, 3.05) is 17.2 Å². The van der Waals surface area contributed by atoms with E-state index in [4.69, 9.17) is 4.74 Å². The predicted molar refractivity (Wildman–Crippen MR) is 94.6 cm³/mol. The fraction of sp³-hybridized carbons (Fsp3) is 0.389. The van der Waals surface area contributed by atoms with Gasteiger partial charge in [-0.1, -0.05) is 6.07 Å². The highest BCUT2D eigenvalue weighted by atomic mass is 16.5. The molecule has 1 aliphatic rings. The largest absolute Gasteiger partial charge is 0.368 e. The number of nitrogens with zero attached hydrogens (tertiary/aromatic N) is 2. The number of hydrogen-bond donors (Lipinski definition) is 2. The molecule has 0 spiro atoms. The fourth-order valence-electron chi connectivity index (χ4n) is 2.63. The average Bonchev–Trinajstić information content (AvgIpc) is 3.27. The van der Waals surface area contributed by atoms with E-state index in [9.17, 15) is 9.59 Å². The van der Waals surface area contributed by atoms with Crippen molar-refractivity contribution in [3.05, 3.63) is 42.2 Å². The molecule has 1 aromatic heterocycles. The van der Waals surface area contributed by atoms with Crippen LogP contribution in [0.4, 0.5) is 11.4 Å². The van der Waals surface area contributed by atoms with Gasteiger partial charge in [-0.3, -0.25) is 14.3 Å². The first-order chi connectivity index (χ1) is 12.0. The molecule has 1 atom stereocenters. The first kappa shape index (κ1) is 17.2. The Labute approximate surface area is 146 Å². The monoisotopic (exact) mass is 342 g/mol. The maximum Gasteiger partial charge on any atom is 0.255 e. The molecule has 1 fully saturated rings. The number of rotatable bonds is 5. The molecule has 2 N–H and O–H groups in total. The Morgan fingerprint density at radius 2 is 2.12 bits per heavy atom. The number of ether oxygens (including phenoxy) is 1. The van der Waals surface area contributed by atoms with Crippen LogP contribution in [-0.2, 0) is 9.53 Å². The van der Waals surface area contributed by atoms with Crippen molar-refractivity contribution < 1.29 is 14.3 Å². The van der Waals surface area contributed by atoms with Crippen LogP contribution < -0.4 is 10.6 Å². The van der Waals surface area contributed by atoms with E-state index in [2.05, 4.69) is 15.7 Å². The quantitative estimate of drug-likeness (QED) is 0.875. The van der Waals surface area contributed by atoms with Gasteiger partial charge in [0.2, 0.25) is 0 Å². The van der Waals surface area contributed by atoms with Crippen molar-refractivity contribution in [2.45, 2.75) is 38.8 Å². The van der Waals surface area contributed by atoms with Crippen LogP contribution in [0.1, 0.15) is 43.1 Å². The van der Waals surface area contributed by atoms with Gasteiger partial charge in [-0.15, -0.1) is 0 Å². The highest BCUT2D eigenvalue weighted by Crippen LogP contribution is 2.17. The third-order valence-electron chi connectivity index (χ3n) is 4.00. The smallest absolute Gasteiger partial charge is 0.255 e. The molecule has 0 radical (unpaired) electrons. The third kappa shape index (κ3) is 4.24. The van der Waals surface area contributed by atoms with Gasteiger partial charge in [-0.2, -0.15) is 5.10 Å². The summed E-state index contributed by atoms with van der Waals surface area (Å²) in [7, 11) is 0. The summed E-state index contributed by atoms with van der Waals surface area (Å²) < 4.78 is 7.14. The second-order valence-electron chi connectivity index (χ2n) is 6.33. The second-order valence-corrected chi connectivity index (χ2v) is 6.33. The van der Waals surface area contributed by atoms with Crippen LogP contribution in [0.2, 0.25) is 0 Å². The van der Waals surface area contributed by atoms with Crippen molar-refractivity contribution in [3.8, 4) is 0 Å². The molecule has 1 aromatic carbocycles. The first-order valence-electron chi connectivity index (χ1n) is 8.41. The Hall–Kier alpha value is -2.67. The van der Waals surface area contributed by atoms with Crippen LogP contribution in [0.25, 0.3) is 0 Å². The Morgan fingerprint density at radius 1 is 1.28 bits per heavy atom. The van der Waals surface area contributed by atoms with Crippen LogP contribution in [0.15, 0.2) is 36.7 Å². The number of nitrogens with one attached hydrogen (secondary N) is 2. The maximum atomic E-state index is 12.4. The van der Waals surface area contributed by atoms with E-state index in [0.717, 1.165) is 12.8 Å². The van der Waals surface area contributed by atoms with Crippen LogP contribution >= 0.6 is 0 Å². The zero-order valence-corrected chi connectivity index (χ0v) is 14.4. The molecular formula is C18H22N4O3. The Kier molecular flexibility index (Phi) is 5.14. The SMILES string of the molecule is CC(C)n1cc(NC(=O)c2cccc(NC(=O)C3CCCO3)c2)cn1. The van der Waals surface area contributed by atoms with E-state index in [0.29, 0.717) is 23.5 Å². The lowest BCUT2D eigenvalue weighted by Gasteiger charge is -2.11. The Morgan fingerprint density at radius 3 is 2.80 bits per heavy atom. The van der Waals surface area contributed by atoms with Crippen LogP contribution in [0.3, 0.4) is 0 Å². The van der Waals surface area contributed by atoms with Crippen molar-refractivity contribution in [1.82, 2.24) is 9.78 Å². The molecule has 0 saturated carbocycles. The number of carbonyl (C=O) groups excluding carboxylic acids is 2. The topological polar surface area (TPSA) is 85.2 Å². The molecule has 7 heteroatoms. The van der Waals surface area contributed by atoms with Crippen molar-refractivity contribution >= 4 is 23.2 Å². The standard InChI is InChI=1S/C18H22N4O3/c1-12(2)22-11-15(10-19-22)21-17(23)13-5-3-6-14(9-13)20-18(24)16-7-4-8-25-16/h3,5-6,9-12,16H,4,7-8H2,1-2H3,(H,20,24)(H,21,23). The van der Waals surface area contributed by atoms with Crippen LogP contribution in [-0.4, -0.2) is 34.3 Å². The summed E-state index contributed by atoms with van der Waals surface area (Å²) in [6, 6.07) is 7.05. The van der Waals surface area contributed by atoms with Gasteiger partial charge in [0.15, 0.2) is 0 Å². The number of hydrogen-bond acceptors (Lipinski definition) is 4. The summed E-state index contributed by atoms with van der Waals surface area (Å²) in [6.45, 7) is 4.64. The molecule has 25 heavy (non-hydrogen) atoms. The maximum absolute atomic E-state index is 12.4. The molecule has 2 aromatic rings. The molecule has 1 aliphatic heterocycles. The van der Waals surface area contributed by atoms with E-state index in [-0.39, 0.29) is 17.9 Å². The summed E-state index contributed by atoms with van der Waals surface area (Å²) >= 11 is 0. The lowest BCUT2D eigenvalue weighted by atomic mass is 10.1. The normalized spacial score (nSPS) is 16.8. The van der Waals surface area contributed by atoms with E-state index in [1.807, 2.05) is 13.8 Å². The molecule has 7 nitrogen and oxygen atoms in total. The number of benzene rings is 1. The molecular weight excluding hydrogens is 320 g/mol. The summed E-state index contributed by atoms with van der Waals surface area (Å²) in [5.41, 5.74) is 1.67. The molecule has 1 saturated heterocycles. The van der Waals surface area contributed by atoms with Gasteiger partial charge < -0.3 is 15.4 Å². The molecule has 132 valence electrons. The van der Waals surface area contributed by atoms with Crippen LogP contribution in [0, 0.1) is 0 Å². The molecule has 0 bridgehead atoms. The minimum Gasteiger partial charge on any atom is -0.368 e. The molecule has 2 amide bonds. The summed E-state index contributed by atoms with van der Waals surface area (Å²) in [5.74, 6) is -0.426. The van der Waals surface area contributed by atoms with Crippen LogP contribution in [0.5, 0.6) is 0 Å². The highest BCUT2D eigenvalue weighted by Gasteiger charge is 2.23. The number of anilines is 2. The summed E-state index contributed by atoms with van der Waals surface area (Å²) in [4.78, 5) is 24.5. The lowest BCUT2D eigenvalue weighted by molar-refractivity contribution is -0.124. The minimum absolute atomic E-state index is 0.173. The summed E-state index contributed by atoms with van der Waals surface area (Å²) in [6.07, 6.45) is 4.61. The predicted octanol–water partition coefficient (Wildman–Crippen LogP) is 2.83. The Bertz CT molecular complexity index is 763. The first-order valence-corrected chi connectivity index (χ1v) is 8.41. The zero-order valence-electron chi connectivity index (χ0n) is 14.4. The average molecular weight is 342 g/mol. The minimum atomic E-state index is -0.403. The third-order valence-corrected chi connectivity index (χ3v) is 4.00. The van der Waals surface area contributed by atoms with Gasteiger partial charge in [0.05, 0.1) is 11.9 Å². The van der Waals surface area contributed by atoms with E-state index < -0.39 is 6.10 Å². The van der Waals surface area contributed by atoms with Gasteiger partial charge in [0.1, 0.15) is 6.10 Å². The van der Waals surface area contributed by atoms with Crippen molar-refractivity contribution in [2.24, 2.45) is 0 Å². The van der Waals surface area contributed by atoms with Gasteiger partial charge in [-0.05, 0) is 44.9 Å². The summed E-state index contributed by atoms with van der Waals surface area (Å²) in [5, 5.41) is 9.81. The van der Waals surface area contributed by atoms with Crippen molar-refractivity contribution in [1.29, 1.82) is 0 Å².